The smallest absolute Gasteiger partial charge is 0.134 e. The molecule has 2 N–H and O–H groups in total. The molecule has 158 valence electrons. The van der Waals surface area contributed by atoms with E-state index in [0.29, 0.717) is 46.1 Å². The van der Waals surface area contributed by atoms with Crippen molar-refractivity contribution in [2.45, 2.75) is 19.8 Å². The molecule has 0 saturated heterocycles. The van der Waals surface area contributed by atoms with E-state index in [1.54, 1.807) is 61.1 Å². The van der Waals surface area contributed by atoms with Crippen LogP contribution >= 0.6 is 0 Å². The summed E-state index contributed by atoms with van der Waals surface area (Å²) in [6.45, 7) is 2.56. The highest BCUT2D eigenvalue weighted by atomic mass is 16.6. The Hall–Kier alpha value is -3.93. The molecule has 0 unspecified atom stereocenters. The van der Waals surface area contributed by atoms with Crippen LogP contribution in [0.1, 0.15) is 30.9 Å². The number of furan rings is 2. The maximum atomic E-state index is 10.1. The highest BCUT2D eigenvalue weighted by Crippen LogP contribution is 2.34. The van der Waals surface area contributed by atoms with Crippen molar-refractivity contribution in [1.29, 1.82) is 0 Å². The van der Waals surface area contributed by atoms with Gasteiger partial charge < -0.3 is 23.9 Å². The third-order valence-corrected chi connectivity index (χ3v) is 4.83. The van der Waals surface area contributed by atoms with E-state index < -0.39 is 0 Å². The minimum absolute atomic E-state index is 0.110. The Kier molecular flexibility index (Phi) is 6.08. The third kappa shape index (κ3) is 4.48. The first-order chi connectivity index (χ1) is 15.2. The number of nitrogens with zero attached hydrogens (tertiary/aromatic N) is 1. The molecular weight excluding hydrogens is 394 g/mol. The van der Waals surface area contributed by atoms with Gasteiger partial charge in [0.2, 0.25) is 0 Å². The number of aromatic hydroxyl groups is 2. The van der Waals surface area contributed by atoms with Crippen molar-refractivity contribution in [3.63, 3.8) is 0 Å². The predicted octanol–water partition coefficient (Wildman–Crippen LogP) is 6.19. The molecule has 0 spiro atoms. The summed E-state index contributed by atoms with van der Waals surface area (Å²) >= 11 is 0. The van der Waals surface area contributed by atoms with Gasteiger partial charge in [0.15, 0.2) is 0 Å². The number of unbranched alkanes of at least 4 members (excludes halogenated alkanes) is 1. The molecule has 6 nitrogen and oxygen atoms in total. The molecule has 2 aromatic carbocycles. The molecule has 4 rings (SSSR count). The average molecular weight is 417 g/mol. The SMILES string of the molecule is CCCCON=C(c1ccc(O)cc1-c1ccco1)c1ccc(O)cc1-c1ccco1. The molecule has 0 bridgehead atoms. The van der Waals surface area contributed by atoms with Crippen LogP contribution in [0.25, 0.3) is 22.6 Å². The summed E-state index contributed by atoms with van der Waals surface area (Å²) in [7, 11) is 0. The van der Waals surface area contributed by atoms with Crippen LogP contribution in [0, 0.1) is 0 Å². The van der Waals surface area contributed by atoms with Crippen molar-refractivity contribution in [3.8, 4) is 34.1 Å². The predicted molar refractivity (Wildman–Crippen MR) is 118 cm³/mol. The van der Waals surface area contributed by atoms with Crippen molar-refractivity contribution < 1.29 is 23.9 Å². The zero-order valence-corrected chi connectivity index (χ0v) is 17.1. The summed E-state index contributed by atoms with van der Waals surface area (Å²) in [4.78, 5) is 5.65. The van der Waals surface area contributed by atoms with Crippen LogP contribution in [0.2, 0.25) is 0 Å². The zero-order chi connectivity index (χ0) is 21.6. The lowest BCUT2D eigenvalue weighted by atomic mass is 9.92. The Balaban J connectivity index is 1.91. The second kappa shape index (κ2) is 9.26. The van der Waals surface area contributed by atoms with E-state index in [0.717, 1.165) is 12.8 Å². The standard InChI is InChI=1S/C25H23NO5/c1-2-3-14-31-26-25(19-10-8-17(27)15-21(19)23-6-4-12-29-23)20-11-9-18(28)16-22(20)24-7-5-13-30-24/h4-13,15-16,27-28H,2-3,14H2,1H3. The van der Waals surface area contributed by atoms with Crippen LogP contribution < -0.4 is 0 Å². The molecule has 0 aliphatic rings. The minimum atomic E-state index is 0.110. The van der Waals surface area contributed by atoms with Crippen LogP contribution in [-0.4, -0.2) is 22.5 Å². The fraction of sp³-hybridized carbons (Fsp3) is 0.160. The van der Waals surface area contributed by atoms with E-state index in [1.807, 2.05) is 12.1 Å². The van der Waals surface area contributed by atoms with Crippen LogP contribution in [0.4, 0.5) is 0 Å². The van der Waals surface area contributed by atoms with Crippen LogP contribution in [0.15, 0.2) is 87.2 Å². The Bertz CT molecular complexity index is 1080. The Morgan fingerprint density at radius 3 is 1.84 bits per heavy atom. The first-order valence-corrected chi connectivity index (χ1v) is 10.1. The van der Waals surface area contributed by atoms with Gasteiger partial charge in [0.05, 0.1) is 12.5 Å². The van der Waals surface area contributed by atoms with Gasteiger partial charge in [0.25, 0.3) is 0 Å². The lowest BCUT2D eigenvalue weighted by molar-refractivity contribution is 0.141. The van der Waals surface area contributed by atoms with Crippen molar-refractivity contribution in [1.82, 2.24) is 0 Å². The highest BCUT2D eigenvalue weighted by molar-refractivity contribution is 6.18. The number of hydrogen-bond donors (Lipinski definition) is 2. The first-order valence-electron chi connectivity index (χ1n) is 10.1. The number of hydrogen-bond acceptors (Lipinski definition) is 6. The average Bonchev–Trinajstić information content (AvgIpc) is 3.49. The van der Waals surface area contributed by atoms with Gasteiger partial charge in [-0.2, -0.15) is 0 Å². The van der Waals surface area contributed by atoms with Gasteiger partial charge in [-0.1, -0.05) is 18.5 Å². The summed E-state index contributed by atoms with van der Waals surface area (Å²) in [5.41, 5.74) is 3.29. The molecular formula is C25H23NO5. The monoisotopic (exact) mass is 417 g/mol. The van der Waals surface area contributed by atoms with E-state index in [4.69, 9.17) is 13.7 Å². The lowest BCUT2D eigenvalue weighted by Crippen LogP contribution is -2.08. The largest absolute Gasteiger partial charge is 0.508 e. The summed E-state index contributed by atoms with van der Waals surface area (Å²) < 4.78 is 11.2. The molecule has 2 heterocycles. The molecule has 0 aliphatic heterocycles. The van der Waals surface area contributed by atoms with Gasteiger partial charge >= 0.3 is 0 Å². The van der Waals surface area contributed by atoms with Crippen molar-refractivity contribution in [2.24, 2.45) is 5.16 Å². The van der Waals surface area contributed by atoms with Gasteiger partial charge in [0, 0.05) is 22.3 Å². The number of rotatable bonds is 8. The van der Waals surface area contributed by atoms with Gasteiger partial charge in [-0.05, 0) is 67.1 Å². The van der Waals surface area contributed by atoms with Gasteiger partial charge in [0.1, 0.15) is 35.3 Å². The Labute approximate surface area is 180 Å². The Morgan fingerprint density at radius 1 is 0.839 bits per heavy atom. The topological polar surface area (TPSA) is 88.3 Å². The normalized spacial score (nSPS) is 10.7. The van der Waals surface area contributed by atoms with Crippen molar-refractivity contribution in [2.75, 3.05) is 6.61 Å². The molecule has 6 heteroatoms. The fourth-order valence-corrected chi connectivity index (χ4v) is 3.31. The maximum absolute atomic E-state index is 10.1. The molecule has 0 amide bonds. The second-order valence-electron chi connectivity index (χ2n) is 7.04. The van der Waals surface area contributed by atoms with E-state index >= 15 is 0 Å². The van der Waals surface area contributed by atoms with Gasteiger partial charge in [-0.15, -0.1) is 0 Å². The summed E-state index contributed by atoms with van der Waals surface area (Å²) in [5, 5.41) is 24.7. The van der Waals surface area contributed by atoms with E-state index in [1.165, 1.54) is 0 Å². The summed E-state index contributed by atoms with van der Waals surface area (Å²) in [6, 6.07) is 17.2. The van der Waals surface area contributed by atoms with E-state index in [-0.39, 0.29) is 11.5 Å². The van der Waals surface area contributed by atoms with Crippen LogP contribution in [-0.2, 0) is 4.84 Å². The molecule has 0 aliphatic carbocycles. The van der Waals surface area contributed by atoms with Crippen LogP contribution in [0.5, 0.6) is 11.5 Å². The first kappa shape index (κ1) is 20.3. The van der Waals surface area contributed by atoms with Gasteiger partial charge in [-0.3, -0.25) is 0 Å². The summed E-state index contributed by atoms with van der Waals surface area (Å²) in [6.07, 6.45) is 5.01. The molecule has 0 atom stereocenters. The third-order valence-electron chi connectivity index (χ3n) is 4.83. The second-order valence-corrected chi connectivity index (χ2v) is 7.04. The fourth-order valence-electron chi connectivity index (χ4n) is 3.31. The molecule has 2 aromatic heterocycles. The summed E-state index contributed by atoms with van der Waals surface area (Å²) in [5.74, 6) is 1.40. The molecule has 0 saturated carbocycles. The molecule has 0 fully saturated rings. The Morgan fingerprint density at radius 2 is 1.39 bits per heavy atom. The number of benzene rings is 2. The van der Waals surface area contributed by atoms with Crippen LogP contribution in [0.3, 0.4) is 0 Å². The molecule has 0 radical (unpaired) electrons. The number of phenols is 2. The molecule has 4 aromatic rings. The minimum Gasteiger partial charge on any atom is -0.508 e. The van der Waals surface area contributed by atoms with Crippen molar-refractivity contribution >= 4 is 5.71 Å². The van der Waals surface area contributed by atoms with Gasteiger partial charge in [-0.25, -0.2) is 0 Å². The quantitative estimate of drug-likeness (QED) is 0.203. The maximum Gasteiger partial charge on any atom is 0.134 e. The van der Waals surface area contributed by atoms with E-state index in [9.17, 15) is 10.2 Å². The highest BCUT2D eigenvalue weighted by Gasteiger charge is 2.21. The lowest BCUT2D eigenvalue weighted by Gasteiger charge is -2.15. The number of oxime groups is 1. The number of phenolic OH excluding ortho intramolecular Hbond substituents is 2. The van der Waals surface area contributed by atoms with Crippen molar-refractivity contribution in [3.05, 3.63) is 84.3 Å². The molecule has 31 heavy (non-hydrogen) atoms. The zero-order valence-electron chi connectivity index (χ0n) is 17.1. The van der Waals surface area contributed by atoms with E-state index in [2.05, 4.69) is 12.1 Å².